The Kier molecular flexibility index (Phi) is 4.19. The molecular formula is C19H19N3O3. The molecule has 0 saturated carbocycles. The van der Waals surface area contributed by atoms with E-state index in [1.807, 2.05) is 36.4 Å². The molecule has 0 spiro atoms. The van der Waals surface area contributed by atoms with E-state index in [0.29, 0.717) is 24.6 Å². The SMILES string of the molecule is O=C(Cc1nc2ccccc2o1)N1C[C@@H](Cc2ccncc2)[C@@H](O)C1. The molecule has 3 aromatic rings. The van der Waals surface area contributed by atoms with E-state index < -0.39 is 6.10 Å². The van der Waals surface area contributed by atoms with Crippen molar-refractivity contribution in [3.63, 3.8) is 0 Å². The van der Waals surface area contributed by atoms with E-state index in [1.54, 1.807) is 17.3 Å². The lowest BCUT2D eigenvalue weighted by Crippen LogP contribution is -2.31. The maximum absolute atomic E-state index is 12.5. The van der Waals surface area contributed by atoms with Gasteiger partial charge < -0.3 is 14.4 Å². The maximum Gasteiger partial charge on any atom is 0.232 e. The predicted octanol–water partition coefficient (Wildman–Crippen LogP) is 1.83. The lowest BCUT2D eigenvalue weighted by Gasteiger charge is -2.15. The summed E-state index contributed by atoms with van der Waals surface area (Å²) in [5.41, 5.74) is 2.55. The van der Waals surface area contributed by atoms with E-state index in [9.17, 15) is 9.90 Å². The van der Waals surface area contributed by atoms with Crippen LogP contribution in [-0.4, -0.2) is 45.1 Å². The highest BCUT2D eigenvalue weighted by atomic mass is 16.3. The highest BCUT2D eigenvalue weighted by molar-refractivity contribution is 5.79. The number of hydrogen-bond acceptors (Lipinski definition) is 5. The summed E-state index contributed by atoms with van der Waals surface area (Å²) in [7, 11) is 0. The first kappa shape index (κ1) is 15.8. The number of carbonyl (C=O) groups excluding carboxylic acids is 1. The van der Waals surface area contributed by atoms with Gasteiger partial charge in [-0.05, 0) is 36.2 Å². The highest BCUT2D eigenvalue weighted by Crippen LogP contribution is 2.23. The number of hydrogen-bond donors (Lipinski definition) is 1. The number of aliphatic hydroxyl groups is 1. The van der Waals surface area contributed by atoms with Gasteiger partial charge in [0.25, 0.3) is 0 Å². The van der Waals surface area contributed by atoms with Gasteiger partial charge in [0, 0.05) is 31.4 Å². The van der Waals surface area contributed by atoms with Crippen LogP contribution in [-0.2, 0) is 17.6 Å². The molecule has 6 nitrogen and oxygen atoms in total. The van der Waals surface area contributed by atoms with Gasteiger partial charge >= 0.3 is 0 Å². The Labute approximate surface area is 145 Å². The smallest absolute Gasteiger partial charge is 0.232 e. The second-order valence-electron chi connectivity index (χ2n) is 6.44. The molecule has 2 atom stereocenters. The fourth-order valence-corrected chi connectivity index (χ4v) is 3.32. The first-order chi connectivity index (χ1) is 12.2. The van der Waals surface area contributed by atoms with Gasteiger partial charge in [0.2, 0.25) is 11.8 Å². The number of rotatable bonds is 4. The Balaban J connectivity index is 1.40. The largest absolute Gasteiger partial charge is 0.440 e. The lowest BCUT2D eigenvalue weighted by molar-refractivity contribution is -0.130. The van der Waals surface area contributed by atoms with Crippen molar-refractivity contribution in [2.45, 2.75) is 18.9 Å². The summed E-state index contributed by atoms with van der Waals surface area (Å²) in [6, 6.07) is 11.3. The summed E-state index contributed by atoms with van der Waals surface area (Å²) in [5.74, 6) is 0.385. The molecule has 1 aliphatic heterocycles. The normalized spacial score (nSPS) is 20.3. The van der Waals surface area contributed by atoms with Gasteiger partial charge in [-0.2, -0.15) is 0 Å². The van der Waals surface area contributed by atoms with E-state index in [1.165, 1.54) is 0 Å². The van der Waals surface area contributed by atoms with Gasteiger partial charge in [-0.1, -0.05) is 12.1 Å². The number of likely N-dealkylation sites (tertiary alicyclic amines) is 1. The number of benzene rings is 1. The molecule has 128 valence electrons. The molecule has 1 saturated heterocycles. The minimum atomic E-state index is -0.513. The number of oxazole rings is 1. The van der Waals surface area contributed by atoms with Gasteiger partial charge in [-0.15, -0.1) is 0 Å². The number of nitrogens with zero attached hydrogens (tertiary/aromatic N) is 3. The van der Waals surface area contributed by atoms with E-state index in [4.69, 9.17) is 4.42 Å². The van der Waals surface area contributed by atoms with Gasteiger partial charge in [0.15, 0.2) is 5.58 Å². The Bertz CT molecular complexity index is 845. The molecule has 4 rings (SSSR count). The summed E-state index contributed by atoms with van der Waals surface area (Å²) >= 11 is 0. The van der Waals surface area contributed by atoms with Crippen LogP contribution in [0.1, 0.15) is 11.5 Å². The van der Waals surface area contributed by atoms with Crippen LogP contribution in [0.3, 0.4) is 0 Å². The van der Waals surface area contributed by atoms with Crippen molar-refractivity contribution in [3.8, 4) is 0 Å². The number of aromatic nitrogens is 2. The number of fused-ring (bicyclic) bond motifs is 1. The summed E-state index contributed by atoms with van der Waals surface area (Å²) in [4.78, 5) is 22.6. The summed E-state index contributed by atoms with van der Waals surface area (Å²) < 4.78 is 5.62. The van der Waals surface area contributed by atoms with E-state index in [2.05, 4.69) is 9.97 Å². The van der Waals surface area contributed by atoms with Crippen molar-refractivity contribution in [1.29, 1.82) is 0 Å². The molecule has 1 fully saturated rings. The first-order valence-electron chi connectivity index (χ1n) is 8.38. The monoisotopic (exact) mass is 337 g/mol. The number of aliphatic hydroxyl groups excluding tert-OH is 1. The van der Waals surface area contributed by atoms with Gasteiger partial charge in [0.05, 0.1) is 6.10 Å². The Morgan fingerprint density at radius 1 is 1.20 bits per heavy atom. The van der Waals surface area contributed by atoms with Crippen LogP contribution in [0.25, 0.3) is 11.1 Å². The predicted molar refractivity (Wildman–Crippen MR) is 91.7 cm³/mol. The van der Waals surface area contributed by atoms with Crippen LogP contribution in [0.4, 0.5) is 0 Å². The van der Waals surface area contributed by atoms with Crippen molar-refractivity contribution < 1.29 is 14.3 Å². The molecular weight excluding hydrogens is 318 g/mol. The quantitative estimate of drug-likeness (QED) is 0.786. The molecule has 0 aliphatic carbocycles. The van der Waals surface area contributed by atoms with Crippen LogP contribution < -0.4 is 0 Å². The summed E-state index contributed by atoms with van der Waals surface area (Å²) in [5, 5.41) is 10.3. The number of para-hydroxylation sites is 2. The average molecular weight is 337 g/mol. The fourth-order valence-electron chi connectivity index (χ4n) is 3.32. The standard InChI is InChI=1S/C19H19N3O3/c23-16-12-22(11-14(16)9-13-5-7-20-8-6-13)19(24)10-18-21-15-3-1-2-4-17(15)25-18/h1-8,14,16,23H,9-12H2/t14-,16+/m1/s1. The molecule has 1 N–H and O–H groups in total. The Hall–Kier alpha value is -2.73. The minimum Gasteiger partial charge on any atom is -0.440 e. The zero-order valence-electron chi connectivity index (χ0n) is 13.7. The van der Waals surface area contributed by atoms with Gasteiger partial charge in [0.1, 0.15) is 11.9 Å². The van der Waals surface area contributed by atoms with Crippen LogP contribution in [0.15, 0.2) is 53.2 Å². The topological polar surface area (TPSA) is 79.5 Å². The maximum atomic E-state index is 12.5. The minimum absolute atomic E-state index is 0.0370. The molecule has 1 amide bonds. The first-order valence-corrected chi connectivity index (χ1v) is 8.38. The molecule has 1 aromatic carbocycles. The third kappa shape index (κ3) is 3.39. The second kappa shape index (κ2) is 6.64. The summed E-state index contributed by atoms with van der Waals surface area (Å²) in [6.07, 6.45) is 3.82. The van der Waals surface area contributed by atoms with Crippen LogP contribution in [0, 0.1) is 5.92 Å². The van der Waals surface area contributed by atoms with Gasteiger partial charge in [-0.3, -0.25) is 9.78 Å². The van der Waals surface area contributed by atoms with Crippen LogP contribution in [0.2, 0.25) is 0 Å². The highest BCUT2D eigenvalue weighted by Gasteiger charge is 2.34. The summed E-state index contributed by atoms with van der Waals surface area (Å²) in [6.45, 7) is 0.900. The molecule has 25 heavy (non-hydrogen) atoms. The molecule has 6 heteroatoms. The number of amides is 1. The second-order valence-corrected chi connectivity index (χ2v) is 6.44. The van der Waals surface area contributed by atoms with Crippen molar-refractivity contribution in [2.75, 3.05) is 13.1 Å². The fraction of sp³-hybridized carbons (Fsp3) is 0.316. The van der Waals surface area contributed by atoms with E-state index >= 15 is 0 Å². The molecule has 2 aromatic heterocycles. The molecule has 0 unspecified atom stereocenters. The van der Waals surface area contributed by atoms with Crippen molar-refractivity contribution in [1.82, 2.24) is 14.9 Å². The Morgan fingerprint density at radius 3 is 2.80 bits per heavy atom. The molecule has 3 heterocycles. The van der Waals surface area contributed by atoms with Crippen molar-refractivity contribution in [3.05, 3.63) is 60.2 Å². The van der Waals surface area contributed by atoms with Crippen molar-refractivity contribution >= 4 is 17.0 Å². The molecule has 0 bridgehead atoms. The Morgan fingerprint density at radius 2 is 2.00 bits per heavy atom. The number of carbonyl (C=O) groups is 1. The zero-order valence-corrected chi connectivity index (χ0v) is 13.7. The van der Waals surface area contributed by atoms with Crippen LogP contribution >= 0.6 is 0 Å². The molecule has 1 aliphatic rings. The number of β-amino-alcohol motifs (C(OH)–C–C–N with tert-alkyl or cyclic N) is 1. The van der Waals surface area contributed by atoms with Crippen LogP contribution in [0.5, 0.6) is 0 Å². The van der Waals surface area contributed by atoms with Gasteiger partial charge in [-0.25, -0.2) is 4.98 Å². The third-order valence-corrected chi connectivity index (χ3v) is 4.65. The zero-order chi connectivity index (χ0) is 17.2. The lowest BCUT2D eigenvalue weighted by atomic mass is 9.97. The van der Waals surface area contributed by atoms with E-state index in [-0.39, 0.29) is 18.2 Å². The average Bonchev–Trinajstić information content (AvgIpc) is 3.19. The third-order valence-electron chi connectivity index (χ3n) is 4.65. The number of pyridine rings is 1. The molecule has 0 radical (unpaired) electrons. The van der Waals surface area contributed by atoms with E-state index in [0.717, 1.165) is 17.5 Å². The van der Waals surface area contributed by atoms with Crippen molar-refractivity contribution in [2.24, 2.45) is 5.92 Å².